The summed E-state index contributed by atoms with van der Waals surface area (Å²) in [5, 5.41) is 28.5. The van der Waals surface area contributed by atoms with E-state index in [1.807, 2.05) is 0 Å². The van der Waals surface area contributed by atoms with Crippen LogP contribution in [-0.2, 0) is 0 Å². The van der Waals surface area contributed by atoms with Crippen LogP contribution < -0.4 is 0 Å². The number of nitrogens with zero attached hydrogens (tertiary/aromatic N) is 5. The van der Waals surface area contributed by atoms with Gasteiger partial charge < -0.3 is 0 Å². The predicted octanol–water partition coefficient (Wildman–Crippen LogP) is 8.69. The maximum Gasteiger partial charge on any atom is 0.262 e. The molecule has 0 radical (unpaired) electrons. The van der Waals surface area contributed by atoms with Crippen LogP contribution in [0, 0.1) is 124 Å². The summed E-state index contributed by atoms with van der Waals surface area (Å²) in [6.07, 6.45) is 0. The second-order valence-corrected chi connectivity index (χ2v) is 9.02. The van der Waals surface area contributed by atoms with Gasteiger partial charge in [0.2, 0.25) is 5.70 Å². The summed E-state index contributed by atoms with van der Waals surface area (Å²) in [5.41, 5.74) is -20.1. The van der Waals surface area contributed by atoms with E-state index in [9.17, 15) is 36.9 Å². The smallest absolute Gasteiger partial charge is 0.237 e. The maximum absolute atomic E-state index is 15.0. The van der Waals surface area contributed by atoms with Crippen LogP contribution in [0.2, 0.25) is 0 Å². The molecule has 17 heteroatoms. The molecule has 1 aliphatic carbocycles. The molecule has 4 rings (SSSR count). The normalized spacial score (nSPS) is 15.1. The molecule has 0 heterocycles. The van der Waals surface area contributed by atoms with Crippen LogP contribution in [0.5, 0.6) is 0 Å². The number of hydrogen-bond acceptors (Lipinski definition) is 3. The third-order valence-electron chi connectivity index (χ3n) is 6.71. The van der Waals surface area contributed by atoms with Gasteiger partial charge in [-0.15, -0.1) is 0 Å². The van der Waals surface area contributed by atoms with Gasteiger partial charge in [-0.25, -0.2) is 62.4 Å². The van der Waals surface area contributed by atoms with Crippen molar-refractivity contribution in [3.63, 3.8) is 0 Å². The van der Waals surface area contributed by atoms with E-state index in [0.717, 1.165) is 18.2 Å². The third-order valence-corrected chi connectivity index (χ3v) is 6.71. The highest BCUT2D eigenvalue weighted by Gasteiger charge is 2.46. The molecule has 1 saturated carbocycles. The van der Waals surface area contributed by atoms with Gasteiger partial charge in [-0.05, 0) is 23.6 Å². The monoisotopic (exact) mass is 661 g/mol. The van der Waals surface area contributed by atoms with Crippen LogP contribution >= 0.6 is 0 Å². The molecule has 0 saturated heterocycles. The zero-order valence-electron chi connectivity index (χ0n) is 22.3. The predicted molar refractivity (Wildman–Crippen MR) is 133 cm³/mol. The van der Waals surface area contributed by atoms with Crippen molar-refractivity contribution in [1.82, 2.24) is 0 Å². The fourth-order valence-corrected chi connectivity index (χ4v) is 4.47. The minimum atomic E-state index is -2.48. The Balaban J connectivity index is 2.37. The van der Waals surface area contributed by atoms with Gasteiger partial charge in [-0.1, -0.05) is 0 Å². The molecule has 1 fully saturated rings. The van der Waals surface area contributed by atoms with E-state index in [0.29, 0.717) is 6.92 Å². The summed E-state index contributed by atoms with van der Waals surface area (Å²) in [7, 11) is 0. The van der Waals surface area contributed by atoms with Gasteiger partial charge in [-0.2, -0.15) is 15.8 Å². The Morgan fingerprint density at radius 1 is 0.511 bits per heavy atom. The molecule has 0 spiro atoms. The number of nitriles is 3. The van der Waals surface area contributed by atoms with E-state index in [1.165, 1.54) is 0 Å². The molecule has 0 amide bonds. The Kier molecular flexibility index (Phi) is 8.36. The van der Waals surface area contributed by atoms with Crippen molar-refractivity contribution in [2.45, 2.75) is 6.92 Å². The molecule has 0 N–H and O–H groups in total. The summed E-state index contributed by atoms with van der Waals surface area (Å²) in [6.45, 7) is 14.7. The summed E-state index contributed by atoms with van der Waals surface area (Å²) in [6, 6.07) is 2.82. The van der Waals surface area contributed by atoms with E-state index in [-0.39, 0.29) is 0 Å². The van der Waals surface area contributed by atoms with E-state index < -0.39 is 137 Å². The molecular formula is C30H3F12N5. The Labute approximate surface area is 253 Å². The lowest BCUT2D eigenvalue weighted by Crippen LogP contribution is -2.06. The Morgan fingerprint density at radius 3 is 1.19 bits per heavy atom. The Morgan fingerprint density at radius 2 is 0.872 bits per heavy atom. The van der Waals surface area contributed by atoms with Gasteiger partial charge in [0.05, 0.1) is 41.0 Å². The number of benzene rings is 3. The highest BCUT2D eigenvalue weighted by atomic mass is 19.2. The highest BCUT2D eigenvalue weighted by Crippen LogP contribution is 2.58. The van der Waals surface area contributed by atoms with Crippen molar-refractivity contribution in [2.24, 2.45) is 0 Å². The molecule has 3 aromatic rings. The Bertz CT molecular complexity index is 2130. The minimum absolute atomic E-state index is 0.555. The zero-order valence-corrected chi connectivity index (χ0v) is 22.3. The van der Waals surface area contributed by atoms with Crippen molar-refractivity contribution >= 4 is 22.5 Å². The topological polar surface area (TPSA) is 80.1 Å². The largest absolute Gasteiger partial charge is 0.262 e. The van der Waals surface area contributed by atoms with Crippen LogP contribution in [0.1, 0.15) is 27.8 Å². The fraction of sp³-hybridized carbons (Fsp3) is 0.0333. The molecule has 232 valence electrons. The standard InChI is InChI=1S/C30H3F12N5/c1-7-17(31)21(35)13(22(36)18(7)32)8(4-43)11-12(9(5-44)14-23(37)27(41)30(47-3)28(42)24(14)38)15(11)29(46-2)16-25(39)19(33)10(6-45)20(34)26(16)40/h1H3. The number of halogens is 12. The lowest BCUT2D eigenvalue weighted by atomic mass is 9.99. The molecule has 1 aliphatic rings. The summed E-state index contributed by atoms with van der Waals surface area (Å²) in [5.74, 6) is -28.4. The average Bonchev–Trinajstić information content (AvgIpc) is 3.77. The van der Waals surface area contributed by atoms with Crippen molar-refractivity contribution in [2.75, 3.05) is 0 Å². The number of hydrogen-bond donors (Lipinski definition) is 0. The second-order valence-electron chi connectivity index (χ2n) is 9.02. The molecular weight excluding hydrogens is 658 g/mol. The first kappa shape index (κ1) is 33.4. The van der Waals surface area contributed by atoms with Crippen molar-refractivity contribution < 1.29 is 52.7 Å². The second kappa shape index (κ2) is 11.8. The van der Waals surface area contributed by atoms with Crippen molar-refractivity contribution in [1.29, 1.82) is 15.8 Å². The number of rotatable bonds is 3. The average molecular weight is 661 g/mol. The van der Waals surface area contributed by atoms with E-state index >= 15 is 26.3 Å². The van der Waals surface area contributed by atoms with Crippen LogP contribution in [0.4, 0.5) is 58.4 Å². The molecule has 3 aromatic carbocycles. The van der Waals surface area contributed by atoms with Gasteiger partial charge in [0.25, 0.3) is 5.69 Å². The molecule has 0 aromatic heterocycles. The zero-order chi connectivity index (χ0) is 35.4. The van der Waals surface area contributed by atoms with Crippen LogP contribution in [0.3, 0.4) is 0 Å². The molecule has 5 nitrogen and oxygen atoms in total. The SMILES string of the molecule is [C-]#[N+]C(=C1C(=C(C#N)c2c(F)c(F)c(C)c(F)c2F)C1=C(C#N)c1c(F)c(F)c([N+]#[C-])c(F)c1F)c1c(F)c(F)c(C#N)c(F)c1F. The minimum Gasteiger partial charge on any atom is -0.237 e. The van der Waals surface area contributed by atoms with Gasteiger partial charge in [0, 0.05) is 5.56 Å². The quantitative estimate of drug-likeness (QED) is 0.122. The highest BCUT2D eigenvalue weighted by molar-refractivity contribution is 6.11. The molecule has 0 bridgehead atoms. The fourth-order valence-electron chi connectivity index (χ4n) is 4.47. The van der Waals surface area contributed by atoms with Gasteiger partial charge in [-0.3, -0.25) is 0 Å². The summed E-state index contributed by atoms with van der Waals surface area (Å²) in [4.78, 5) is 4.89. The van der Waals surface area contributed by atoms with E-state index in [2.05, 4.69) is 9.69 Å². The molecule has 0 aliphatic heterocycles. The van der Waals surface area contributed by atoms with Crippen LogP contribution in [-0.4, -0.2) is 0 Å². The lowest BCUT2D eigenvalue weighted by Gasteiger charge is -2.09. The van der Waals surface area contributed by atoms with Crippen molar-refractivity contribution in [3.05, 3.63) is 137 Å². The van der Waals surface area contributed by atoms with Gasteiger partial charge in [0.15, 0.2) is 69.8 Å². The maximum atomic E-state index is 15.0. The van der Waals surface area contributed by atoms with E-state index in [4.69, 9.17) is 18.4 Å². The first-order valence-corrected chi connectivity index (χ1v) is 11.8. The van der Waals surface area contributed by atoms with Gasteiger partial charge in [0.1, 0.15) is 23.8 Å². The molecule has 0 unspecified atom stereocenters. The van der Waals surface area contributed by atoms with Crippen molar-refractivity contribution in [3.8, 4) is 18.2 Å². The van der Waals surface area contributed by atoms with E-state index in [1.54, 1.807) is 0 Å². The first-order valence-electron chi connectivity index (χ1n) is 11.8. The van der Waals surface area contributed by atoms with Crippen LogP contribution in [0.25, 0.3) is 26.5 Å². The first-order chi connectivity index (χ1) is 22.1. The van der Waals surface area contributed by atoms with Crippen LogP contribution in [0.15, 0.2) is 16.7 Å². The third kappa shape index (κ3) is 4.63. The van der Waals surface area contributed by atoms with Gasteiger partial charge >= 0.3 is 0 Å². The number of allylic oxidation sites excluding steroid dienone is 5. The lowest BCUT2D eigenvalue weighted by molar-refractivity contribution is 0.442. The summed E-state index contributed by atoms with van der Waals surface area (Å²) < 4.78 is 177. The summed E-state index contributed by atoms with van der Waals surface area (Å²) >= 11 is 0. The Hall–Kier alpha value is -6.51. The molecule has 0 atom stereocenters. The molecule has 47 heavy (non-hydrogen) atoms.